The number of rotatable bonds is 5. The Labute approximate surface area is 119 Å². The van der Waals surface area contributed by atoms with Gasteiger partial charge < -0.3 is 10.4 Å². The maximum atomic E-state index is 13.2. The van der Waals surface area contributed by atoms with Crippen molar-refractivity contribution in [1.82, 2.24) is 5.32 Å². The van der Waals surface area contributed by atoms with E-state index in [2.05, 4.69) is 11.7 Å². The highest BCUT2D eigenvalue weighted by Crippen LogP contribution is 2.35. The van der Waals surface area contributed by atoms with Gasteiger partial charge in [0.25, 0.3) is 0 Å². The molecule has 2 unspecified atom stereocenters. The lowest BCUT2D eigenvalue weighted by Gasteiger charge is -2.27. The zero-order valence-electron chi connectivity index (χ0n) is 11.5. The van der Waals surface area contributed by atoms with Crippen molar-refractivity contribution < 1.29 is 14.3 Å². The molecule has 1 aromatic rings. The van der Waals surface area contributed by atoms with Crippen LogP contribution in [0, 0.1) is 18.2 Å². The summed E-state index contributed by atoms with van der Waals surface area (Å²) in [6.07, 6.45) is 5.14. The Morgan fingerprint density at radius 1 is 1.40 bits per heavy atom. The maximum absolute atomic E-state index is 13.2. The van der Waals surface area contributed by atoms with Gasteiger partial charge in [-0.2, -0.15) is 0 Å². The van der Waals surface area contributed by atoms with Crippen LogP contribution in [-0.4, -0.2) is 24.2 Å². The van der Waals surface area contributed by atoms with Gasteiger partial charge in [0.05, 0.1) is 0 Å². The Bertz CT molecular complexity index is 442. The van der Waals surface area contributed by atoms with Gasteiger partial charge in [0.15, 0.2) is 0 Å². The van der Waals surface area contributed by atoms with Gasteiger partial charge in [0.2, 0.25) is 5.91 Å². The molecule has 1 aliphatic carbocycles. The molecular formula is C16H21FNO2. The number of carbonyl (C=O) groups excluding carboxylic acids is 1. The van der Waals surface area contributed by atoms with Gasteiger partial charge in [0.1, 0.15) is 5.82 Å². The molecule has 0 spiro atoms. The Hall–Kier alpha value is -1.42. The van der Waals surface area contributed by atoms with Crippen LogP contribution in [0.2, 0.25) is 0 Å². The summed E-state index contributed by atoms with van der Waals surface area (Å²) in [4.78, 5) is 11.9. The summed E-state index contributed by atoms with van der Waals surface area (Å²) in [5.74, 6) is 0.109. The van der Waals surface area contributed by atoms with Crippen LogP contribution in [0.15, 0.2) is 24.3 Å². The number of hydrogen-bond acceptors (Lipinski definition) is 2. The summed E-state index contributed by atoms with van der Waals surface area (Å²) >= 11 is 0. The first-order chi connectivity index (χ1) is 9.70. The lowest BCUT2D eigenvalue weighted by Crippen LogP contribution is -2.34. The van der Waals surface area contributed by atoms with Crippen molar-refractivity contribution in [2.24, 2.45) is 5.92 Å². The number of hydrogen-bond donors (Lipinski definition) is 2. The fraction of sp³-hybridized carbons (Fsp3) is 0.500. The molecule has 109 valence electrons. The molecule has 3 nitrogen and oxygen atoms in total. The molecule has 4 heteroatoms. The summed E-state index contributed by atoms with van der Waals surface area (Å²) in [6.45, 7) is 0.623. The third-order valence-electron chi connectivity index (χ3n) is 3.81. The van der Waals surface area contributed by atoms with Crippen LogP contribution in [0.3, 0.4) is 0 Å². The van der Waals surface area contributed by atoms with Crippen LogP contribution in [0.4, 0.5) is 4.39 Å². The van der Waals surface area contributed by atoms with Crippen molar-refractivity contribution in [2.75, 3.05) is 13.2 Å². The second kappa shape index (κ2) is 7.39. The van der Waals surface area contributed by atoms with Gasteiger partial charge in [-0.1, -0.05) is 12.1 Å². The third-order valence-corrected chi connectivity index (χ3v) is 3.81. The molecule has 0 bridgehead atoms. The molecule has 0 aromatic heterocycles. The summed E-state index contributed by atoms with van der Waals surface area (Å²) in [5.41, 5.74) is 0.990. The van der Waals surface area contributed by atoms with Crippen molar-refractivity contribution >= 4 is 5.91 Å². The van der Waals surface area contributed by atoms with E-state index < -0.39 is 0 Å². The summed E-state index contributed by atoms with van der Waals surface area (Å²) in [7, 11) is 0. The molecule has 2 rings (SSSR count). The second-order valence-corrected chi connectivity index (χ2v) is 5.28. The highest BCUT2D eigenvalue weighted by molar-refractivity contribution is 5.78. The molecule has 2 N–H and O–H groups in total. The molecule has 1 aliphatic rings. The van der Waals surface area contributed by atoms with E-state index in [1.54, 1.807) is 12.1 Å². The zero-order valence-corrected chi connectivity index (χ0v) is 11.5. The van der Waals surface area contributed by atoms with E-state index >= 15 is 0 Å². The van der Waals surface area contributed by atoms with Crippen LogP contribution in [-0.2, 0) is 4.79 Å². The van der Waals surface area contributed by atoms with Crippen LogP contribution < -0.4 is 5.32 Å². The lowest BCUT2D eigenvalue weighted by molar-refractivity contribution is -0.125. The number of aliphatic hydroxyl groups excluding tert-OH is 1. The van der Waals surface area contributed by atoms with Crippen molar-refractivity contribution in [2.45, 2.75) is 31.6 Å². The number of carbonyl (C=O) groups is 1. The largest absolute Gasteiger partial charge is 0.396 e. The number of nitrogens with one attached hydrogen (secondary N) is 1. The second-order valence-electron chi connectivity index (χ2n) is 5.28. The van der Waals surface area contributed by atoms with Crippen LogP contribution in [0.1, 0.15) is 37.2 Å². The van der Waals surface area contributed by atoms with Crippen molar-refractivity contribution in [1.29, 1.82) is 0 Å². The molecule has 20 heavy (non-hydrogen) atoms. The predicted molar refractivity (Wildman–Crippen MR) is 75.5 cm³/mol. The van der Waals surface area contributed by atoms with Gasteiger partial charge in [-0.25, -0.2) is 4.39 Å². The quantitative estimate of drug-likeness (QED) is 0.813. The van der Waals surface area contributed by atoms with E-state index in [9.17, 15) is 9.18 Å². The SMILES string of the molecule is O=C(NCCCO)C1C[CH]C(c2cccc(F)c2)CC1. The van der Waals surface area contributed by atoms with E-state index in [1.165, 1.54) is 6.07 Å². The van der Waals surface area contributed by atoms with Gasteiger partial charge >= 0.3 is 0 Å². The topological polar surface area (TPSA) is 49.3 Å². The normalized spacial score (nSPS) is 22.5. The number of aliphatic hydroxyl groups is 1. The lowest BCUT2D eigenvalue weighted by atomic mass is 9.78. The highest BCUT2D eigenvalue weighted by atomic mass is 19.1. The van der Waals surface area contributed by atoms with Crippen molar-refractivity contribution in [3.8, 4) is 0 Å². The number of benzene rings is 1. The molecular weight excluding hydrogens is 257 g/mol. The first-order valence-corrected chi connectivity index (χ1v) is 7.18. The standard InChI is InChI=1S/C16H21FNO2/c17-15-4-1-3-14(11-15)12-5-7-13(8-6-12)16(20)18-9-2-10-19/h1,3-5,11-13,19H,2,6-10H2,(H,18,20). The monoisotopic (exact) mass is 278 g/mol. The first-order valence-electron chi connectivity index (χ1n) is 7.18. The van der Waals surface area contributed by atoms with Crippen LogP contribution in [0.5, 0.6) is 0 Å². The van der Waals surface area contributed by atoms with Gasteiger partial charge in [-0.15, -0.1) is 0 Å². The fourth-order valence-electron chi connectivity index (χ4n) is 2.66. The third kappa shape index (κ3) is 4.04. The molecule has 1 radical (unpaired) electrons. The molecule has 2 atom stereocenters. The summed E-state index contributed by atoms with van der Waals surface area (Å²) < 4.78 is 13.2. The molecule has 1 amide bonds. The summed E-state index contributed by atoms with van der Waals surface area (Å²) in [5, 5.41) is 11.5. The van der Waals surface area contributed by atoms with Crippen LogP contribution >= 0.6 is 0 Å². The van der Waals surface area contributed by atoms with Crippen molar-refractivity contribution in [3.05, 3.63) is 42.1 Å². The maximum Gasteiger partial charge on any atom is 0.223 e. The molecule has 0 aliphatic heterocycles. The Morgan fingerprint density at radius 3 is 2.90 bits per heavy atom. The minimum Gasteiger partial charge on any atom is -0.396 e. The minimum absolute atomic E-state index is 0.0125. The minimum atomic E-state index is -0.209. The Morgan fingerprint density at radius 2 is 2.25 bits per heavy atom. The predicted octanol–water partition coefficient (Wildman–Crippen LogP) is 2.41. The number of amides is 1. The summed E-state index contributed by atoms with van der Waals surface area (Å²) in [6, 6.07) is 6.69. The van der Waals surface area contributed by atoms with Crippen molar-refractivity contribution in [3.63, 3.8) is 0 Å². The Kier molecular flexibility index (Phi) is 5.53. The van der Waals surface area contributed by atoms with E-state index in [0.717, 1.165) is 24.8 Å². The van der Waals surface area contributed by atoms with Gasteiger partial charge in [-0.05, 0) is 55.7 Å². The highest BCUT2D eigenvalue weighted by Gasteiger charge is 2.27. The average Bonchev–Trinajstić information content (AvgIpc) is 2.47. The smallest absolute Gasteiger partial charge is 0.223 e. The van der Waals surface area contributed by atoms with E-state index in [-0.39, 0.29) is 30.2 Å². The van der Waals surface area contributed by atoms with E-state index in [1.807, 2.05) is 6.07 Å². The average molecular weight is 278 g/mol. The Balaban J connectivity index is 1.81. The number of halogens is 1. The fourth-order valence-corrected chi connectivity index (χ4v) is 2.66. The molecule has 1 fully saturated rings. The van der Waals surface area contributed by atoms with Gasteiger partial charge in [0, 0.05) is 19.1 Å². The zero-order chi connectivity index (χ0) is 14.4. The molecule has 0 heterocycles. The molecule has 0 saturated heterocycles. The van der Waals surface area contributed by atoms with Gasteiger partial charge in [-0.3, -0.25) is 4.79 Å². The van der Waals surface area contributed by atoms with E-state index in [0.29, 0.717) is 13.0 Å². The molecule has 1 saturated carbocycles. The van der Waals surface area contributed by atoms with E-state index in [4.69, 9.17) is 5.11 Å². The van der Waals surface area contributed by atoms with Crippen LogP contribution in [0.25, 0.3) is 0 Å². The first kappa shape index (κ1) is 15.0. The molecule has 1 aromatic carbocycles.